The van der Waals surface area contributed by atoms with Crippen LogP contribution in [0.3, 0.4) is 0 Å². The number of rotatable bonds is 15. The third-order valence-corrected chi connectivity index (χ3v) is 8.50. The molecule has 42 heavy (non-hydrogen) atoms. The Balaban J connectivity index is 1.59. The van der Waals surface area contributed by atoms with E-state index in [0.717, 1.165) is 50.8 Å². The maximum absolute atomic E-state index is 13.4. The Kier molecular flexibility index (Phi) is 11.7. The number of benzene rings is 3. The van der Waals surface area contributed by atoms with Crippen LogP contribution in [0.4, 0.5) is 0 Å². The Bertz CT molecular complexity index is 1470. The first-order valence-corrected chi connectivity index (χ1v) is 16.5. The molecule has 0 bridgehead atoms. The molecule has 1 heterocycles. The van der Waals surface area contributed by atoms with Crippen molar-refractivity contribution in [2.75, 3.05) is 23.5 Å². The molecule has 2 N–H and O–H groups in total. The molecule has 0 spiro atoms. The van der Waals surface area contributed by atoms with Gasteiger partial charge in [0.2, 0.25) is 0 Å². The molecule has 1 amide bonds. The lowest BCUT2D eigenvalue weighted by Crippen LogP contribution is -2.41. The molecule has 2 unspecified atom stereocenters. The second-order valence-electron chi connectivity index (χ2n) is 9.87. The number of ether oxygens (including phenoxy) is 1. The van der Waals surface area contributed by atoms with Crippen LogP contribution in [-0.2, 0) is 16.1 Å². The summed E-state index contributed by atoms with van der Waals surface area (Å²) in [5.74, 6) is 2.47. The Morgan fingerprint density at radius 2 is 1.74 bits per heavy atom. The van der Waals surface area contributed by atoms with Gasteiger partial charge in [-0.3, -0.25) is 4.79 Å². The van der Waals surface area contributed by atoms with Crippen LogP contribution in [0.5, 0.6) is 0 Å². The molecule has 0 aliphatic carbocycles. The molecule has 0 radical (unpaired) electrons. The Morgan fingerprint density at radius 3 is 2.45 bits per heavy atom. The molecule has 0 aliphatic rings. The van der Waals surface area contributed by atoms with Crippen molar-refractivity contribution in [2.24, 2.45) is 0 Å². The first kappa shape index (κ1) is 31.5. The summed E-state index contributed by atoms with van der Waals surface area (Å²) in [5, 5.41) is 12.4. The van der Waals surface area contributed by atoms with E-state index in [1.54, 1.807) is 29.6 Å². The lowest BCUT2D eigenvalue weighted by molar-refractivity contribution is -0.139. The lowest BCUT2D eigenvalue weighted by Gasteiger charge is -2.19. The minimum absolute atomic E-state index is 0.245. The lowest BCUT2D eigenvalue weighted by atomic mass is 9.93. The van der Waals surface area contributed by atoms with Gasteiger partial charge in [0.25, 0.3) is 5.91 Å². The third-order valence-electron chi connectivity index (χ3n) is 6.90. The Morgan fingerprint density at radius 1 is 0.976 bits per heavy atom. The highest BCUT2D eigenvalue weighted by molar-refractivity contribution is 7.99. The van der Waals surface area contributed by atoms with Gasteiger partial charge in [-0.25, -0.2) is 4.79 Å². The number of carboxylic acid groups (broad SMARTS) is 1. The molecule has 8 heteroatoms. The van der Waals surface area contributed by atoms with Crippen molar-refractivity contribution in [1.82, 2.24) is 5.32 Å². The van der Waals surface area contributed by atoms with Gasteiger partial charge in [0.15, 0.2) is 0 Å². The number of thioether (sulfide) groups is 2. The molecular formula is C34H37NO5S2. The van der Waals surface area contributed by atoms with Crippen molar-refractivity contribution in [2.45, 2.75) is 39.0 Å². The minimum Gasteiger partial charge on any atom is -0.480 e. The average molecular weight is 604 g/mol. The number of aryl methyl sites for hydroxylation is 1. The van der Waals surface area contributed by atoms with Gasteiger partial charge in [-0.2, -0.15) is 23.5 Å². The molecule has 3 aromatic carbocycles. The second kappa shape index (κ2) is 15.7. The predicted octanol–water partition coefficient (Wildman–Crippen LogP) is 7.87. The van der Waals surface area contributed by atoms with Crippen LogP contribution < -0.4 is 5.32 Å². The summed E-state index contributed by atoms with van der Waals surface area (Å²) in [7, 11) is 0. The summed E-state index contributed by atoms with van der Waals surface area (Å²) < 4.78 is 12.7. The molecule has 0 aliphatic heterocycles. The minimum atomic E-state index is -1.04. The van der Waals surface area contributed by atoms with Crippen LogP contribution in [0.15, 0.2) is 89.3 Å². The van der Waals surface area contributed by atoms with E-state index in [0.29, 0.717) is 24.3 Å². The molecule has 6 nitrogen and oxygen atoms in total. The SMILES string of the molecule is CCSCC(OCc1ccc(C(=O)NC(CCSC)C(=O)O)c(-c2ccccc2C)c1)c1ccc(-c2ccccc2)o1. The first-order chi connectivity index (χ1) is 20.4. The number of nitrogens with one attached hydrogen (secondary N) is 1. The van der Waals surface area contributed by atoms with E-state index in [1.807, 2.05) is 92.0 Å². The number of aliphatic carboxylic acids is 1. The van der Waals surface area contributed by atoms with E-state index in [1.165, 1.54) is 0 Å². The maximum Gasteiger partial charge on any atom is 0.326 e. The van der Waals surface area contributed by atoms with Gasteiger partial charge >= 0.3 is 5.97 Å². The maximum atomic E-state index is 13.4. The molecule has 0 fully saturated rings. The van der Waals surface area contributed by atoms with Gasteiger partial charge in [-0.1, -0.05) is 67.6 Å². The van der Waals surface area contributed by atoms with Crippen molar-refractivity contribution in [1.29, 1.82) is 0 Å². The van der Waals surface area contributed by atoms with Crippen LogP contribution in [0, 0.1) is 6.92 Å². The van der Waals surface area contributed by atoms with Gasteiger partial charge in [0.05, 0.1) is 6.61 Å². The van der Waals surface area contributed by atoms with E-state index in [4.69, 9.17) is 9.15 Å². The number of amides is 1. The quantitative estimate of drug-likeness (QED) is 0.143. The number of hydrogen-bond acceptors (Lipinski definition) is 6. The summed E-state index contributed by atoms with van der Waals surface area (Å²) in [5.41, 5.74) is 5.02. The highest BCUT2D eigenvalue weighted by Gasteiger charge is 2.23. The van der Waals surface area contributed by atoms with Crippen molar-refractivity contribution >= 4 is 35.4 Å². The third kappa shape index (κ3) is 8.31. The average Bonchev–Trinajstić information content (AvgIpc) is 3.50. The number of hydrogen-bond donors (Lipinski definition) is 2. The van der Waals surface area contributed by atoms with Crippen LogP contribution in [0.1, 0.15) is 46.7 Å². The smallest absolute Gasteiger partial charge is 0.326 e. The molecule has 4 aromatic rings. The van der Waals surface area contributed by atoms with Gasteiger partial charge in [0, 0.05) is 16.9 Å². The van der Waals surface area contributed by atoms with E-state index >= 15 is 0 Å². The van der Waals surface area contributed by atoms with Crippen LogP contribution in [-0.4, -0.2) is 46.5 Å². The van der Waals surface area contributed by atoms with E-state index in [2.05, 4.69) is 12.2 Å². The molecule has 220 valence electrons. The summed E-state index contributed by atoms with van der Waals surface area (Å²) >= 11 is 3.33. The van der Waals surface area contributed by atoms with Crippen LogP contribution in [0.25, 0.3) is 22.5 Å². The zero-order valence-corrected chi connectivity index (χ0v) is 25.8. The number of furan rings is 1. The standard InChI is InChI=1S/C34H37NO5S2/c1-4-42-22-32(31-17-16-30(40-31)25-11-6-5-7-12-25)39-21-24-14-15-27(28(20-24)26-13-9-8-10-23(26)2)33(36)35-29(34(37)38)18-19-41-3/h5-17,20,29,32H,4,18-19,21-22H2,1-3H3,(H,35,36)(H,37,38). The zero-order valence-electron chi connectivity index (χ0n) is 24.2. The molecular weight excluding hydrogens is 567 g/mol. The Labute approximate surface area is 256 Å². The van der Waals surface area contributed by atoms with Crippen molar-refractivity contribution in [3.8, 4) is 22.5 Å². The molecule has 2 atom stereocenters. The fourth-order valence-electron chi connectivity index (χ4n) is 4.62. The summed E-state index contributed by atoms with van der Waals surface area (Å²) in [6, 6.07) is 26.5. The highest BCUT2D eigenvalue weighted by atomic mass is 32.2. The molecule has 0 saturated carbocycles. The van der Waals surface area contributed by atoms with Gasteiger partial charge in [0.1, 0.15) is 23.7 Å². The fourth-order valence-corrected chi connectivity index (χ4v) is 5.81. The van der Waals surface area contributed by atoms with Crippen molar-refractivity contribution < 1.29 is 23.8 Å². The van der Waals surface area contributed by atoms with E-state index in [-0.39, 0.29) is 6.10 Å². The van der Waals surface area contributed by atoms with Crippen LogP contribution >= 0.6 is 23.5 Å². The Hall–Kier alpha value is -3.46. The van der Waals surface area contributed by atoms with Crippen molar-refractivity contribution in [3.63, 3.8) is 0 Å². The molecule has 4 rings (SSSR count). The fraction of sp³-hybridized carbons (Fsp3) is 0.294. The topological polar surface area (TPSA) is 88.8 Å². The summed E-state index contributed by atoms with van der Waals surface area (Å²) in [6.45, 7) is 4.44. The molecule has 0 saturated heterocycles. The highest BCUT2D eigenvalue weighted by Crippen LogP contribution is 2.32. The predicted molar refractivity (Wildman–Crippen MR) is 173 cm³/mol. The molecule has 1 aromatic heterocycles. The first-order valence-electron chi connectivity index (χ1n) is 14.0. The van der Waals surface area contributed by atoms with Crippen molar-refractivity contribution in [3.05, 3.63) is 107 Å². The largest absolute Gasteiger partial charge is 0.480 e. The summed E-state index contributed by atoms with van der Waals surface area (Å²) in [6.07, 6.45) is 2.02. The number of carbonyl (C=O) groups is 2. The van der Waals surface area contributed by atoms with E-state index < -0.39 is 17.9 Å². The van der Waals surface area contributed by atoms with E-state index in [9.17, 15) is 14.7 Å². The second-order valence-corrected chi connectivity index (χ2v) is 12.2. The number of carboxylic acids is 1. The normalized spacial score (nSPS) is 12.5. The van der Waals surface area contributed by atoms with Gasteiger partial charge in [-0.15, -0.1) is 0 Å². The van der Waals surface area contributed by atoms with Crippen LogP contribution in [0.2, 0.25) is 0 Å². The zero-order chi connectivity index (χ0) is 29.9. The monoisotopic (exact) mass is 603 g/mol. The van der Waals surface area contributed by atoms with Gasteiger partial charge < -0.3 is 19.6 Å². The van der Waals surface area contributed by atoms with Gasteiger partial charge in [-0.05, 0) is 77.6 Å². The number of carbonyl (C=O) groups excluding carboxylic acids is 1. The summed E-state index contributed by atoms with van der Waals surface area (Å²) in [4.78, 5) is 25.2.